The number of nitrogens with one attached hydrogen (secondary N) is 1. The van der Waals surface area contributed by atoms with Crippen LogP contribution in [0.3, 0.4) is 0 Å². The molecule has 0 radical (unpaired) electrons. The lowest BCUT2D eigenvalue weighted by molar-refractivity contribution is -0.120. The van der Waals surface area contributed by atoms with Gasteiger partial charge in [0.25, 0.3) is 0 Å². The van der Waals surface area contributed by atoms with Crippen LogP contribution in [-0.2, 0) is 15.0 Å². The van der Waals surface area contributed by atoms with E-state index in [9.17, 15) is 9.59 Å². The van der Waals surface area contributed by atoms with E-state index in [4.69, 9.17) is 4.52 Å². The molecule has 0 aromatic carbocycles. The molecule has 1 N–H and O–H groups in total. The molecule has 7 heteroatoms. The number of hydrogen-bond acceptors (Lipinski definition) is 5. The van der Waals surface area contributed by atoms with E-state index in [1.54, 1.807) is 30.5 Å². The van der Waals surface area contributed by atoms with Crippen LogP contribution in [0.1, 0.15) is 39.3 Å². The van der Waals surface area contributed by atoms with Crippen molar-refractivity contribution in [1.29, 1.82) is 0 Å². The first kappa shape index (κ1) is 16.2. The van der Waals surface area contributed by atoms with E-state index >= 15 is 0 Å². The number of hydrogen-bond donors (Lipinski definition) is 1. The Kier molecular flexibility index (Phi) is 4.09. The van der Waals surface area contributed by atoms with Crippen LogP contribution in [0.2, 0.25) is 0 Å². The zero-order valence-electron chi connectivity index (χ0n) is 13.9. The molecule has 3 rings (SSSR count). The van der Waals surface area contributed by atoms with Gasteiger partial charge in [-0.3, -0.25) is 19.8 Å². The van der Waals surface area contributed by atoms with Crippen LogP contribution in [0, 0.1) is 0 Å². The Morgan fingerprint density at radius 3 is 2.79 bits per heavy atom. The number of aromatic nitrogens is 2. The summed E-state index contributed by atoms with van der Waals surface area (Å²) in [4.78, 5) is 30.3. The number of anilines is 2. The molecule has 1 aliphatic heterocycles. The summed E-state index contributed by atoms with van der Waals surface area (Å²) in [6, 6.07) is 6.38. The lowest BCUT2D eigenvalue weighted by Crippen LogP contribution is -2.42. The third-order valence-corrected chi connectivity index (χ3v) is 3.94. The van der Waals surface area contributed by atoms with Crippen LogP contribution in [-0.4, -0.2) is 28.0 Å². The number of pyridine rings is 1. The summed E-state index contributed by atoms with van der Waals surface area (Å²) in [6.45, 7) is 6.03. The van der Waals surface area contributed by atoms with E-state index in [0.29, 0.717) is 18.7 Å². The summed E-state index contributed by atoms with van der Waals surface area (Å²) in [5.74, 6) is 0.350. The van der Waals surface area contributed by atoms with Crippen LogP contribution in [0.25, 0.3) is 0 Å². The average molecular weight is 328 g/mol. The lowest BCUT2D eigenvalue weighted by Gasteiger charge is -2.22. The van der Waals surface area contributed by atoms with Crippen molar-refractivity contribution in [2.75, 3.05) is 10.2 Å². The fraction of sp³-hybridized carbons (Fsp3) is 0.412. The monoisotopic (exact) mass is 328 g/mol. The van der Waals surface area contributed by atoms with Crippen molar-refractivity contribution < 1.29 is 14.1 Å². The molecule has 2 amide bonds. The Morgan fingerprint density at radius 1 is 1.38 bits per heavy atom. The van der Waals surface area contributed by atoms with Crippen molar-refractivity contribution in [2.24, 2.45) is 0 Å². The third-order valence-electron chi connectivity index (χ3n) is 3.94. The zero-order chi connectivity index (χ0) is 17.3. The summed E-state index contributed by atoms with van der Waals surface area (Å²) in [6.07, 6.45) is 2.36. The molecule has 0 saturated carbocycles. The minimum Gasteiger partial charge on any atom is -0.338 e. The normalized spacial score (nSPS) is 18.0. The Morgan fingerprint density at radius 2 is 2.17 bits per heavy atom. The first-order chi connectivity index (χ1) is 11.4. The average Bonchev–Trinajstić information content (AvgIpc) is 3.14. The quantitative estimate of drug-likeness (QED) is 0.935. The fourth-order valence-corrected chi connectivity index (χ4v) is 2.61. The van der Waals surface area contributed by atoms with Crippen molar-refractivity contribution in [3.8, 4) is 0 Å². The first-order valence-electron chi connectivity index (χ1n) is 7.87. The van der Waals surface area contributed by atoms with Crippen LogP contribution in [0.5, 0.6) is 0 Å². The fourth-order valence-electron chi connectivity index (χ4n) is 2.61. The van der Waals surface area contributed by atoms with Gasteiger partial charge in [-0.1, -0.05) is 32.0 Å². The molecule has 24 heavy (non-hydrogen) atoms. The molecule has 7 nitrogen and oxygen atoms in total. The minimum atomic E-state index is -0.601. The standard InChI is InChI=1S/C17H20N4O3/c1-17(2,3)12-10-14(24-20-12)19-16(23)11-7-8-15(22)21(11)13-6-4-5-9-18-13/h4-6,9-11H,7-8H2,1-3H3,(H,19,23). The molecule has 126 valence electrons. The van der Waals surface area contributed by atoms with E-state index in [0.717, 1.165) is 5.69 Å². The largest absolute Gasteiger partial charge is 0.338 e. The van der Waals surface area contributed by atoms with E-state index in [1.807, 2.05) is 20.8 Å². The van der Waals surface area contributed by atoms with Gasteiger partial charge in [-0.15, -0.1) is 0 Å². The second-order valence-corrected chi connectivity index (χ2v) is 6.82. The molecular weight excluding hydrogens is 308 g/mol. The van der Waals surface area contributed by atoms with Gasteiger partial charge >= 0.3 is 0 Å². The third kappa shape index (κ3) is 3.15. The van der Waals surface area contributed by atoms with Crippen molar-refractivity contribution in [2.45, 2.75) is 45.1 Å². The van der Waals surface area contributed by atoms with Crippen molar-refractivity contribution in [3.63, 3.8) is 0 Å². The lowest BCUT2D eigenvalue weighted by atomic mass is 9.92. The number of carbonyl (C=O) groups is 2. The molecule has 1 atom stereocenters. The van der Waals surface area contributed by atoms with Crippen molar-refractivity contribution >= 4 is 23.5 Å². The summed E-state index contributed by atoms with van der Waals surface area (Å²) in [5, 5.41) is 6.68. The number of carbonyl (C=O) groups excluding carboxylic acids is 2. The molecule has 2 aromatic rings. The van der Waals surface area contributed by atoms with Gasteiger partial charge in [-0.05, 0) is 18.6 Å². The van der Waals surface area contributed by atoms with Crippen molar-refractivity contribution in [3.05, 3.63) is 36.2 Å². The topological polar surface area (TPSA) is 88.3 Å². The smallest absolute Gasteiger partial charge is 0.250 e. The molecule has 1 unspecified atom stereocenters. The van der Waals surface area contributed by atoms with Gasteiger partial charge in [0.1, 0.15) is 11.9 Å². The molecule has 2 aromatic heterocycles. The SMILES string of the molecule is CC(C)(C)c1cc(NC(=O)C2CCC(=O)N2c2ccccn2)on1. The Balaban J connectivity index is 1.77. The number of nitrogens with zero attached hydrogens (tertiary/aromatic N) is 3. The second-order valence-electron chi connectivity index (χ2n) is 6.82. The van der Waals surface area contributed by atoms with Gasteiger partial charge in [-0.25, -0.2) is 4.98 Å². The highest BCUT2D eigenvalue weighted by molar-refractivity contribution is 6.06. The molecule has 3 heterocycles. The maximum atomic E-state index is 12.6. The van der Waals surface area contributed by atoms with E-state index < -0.39 is 6.04 Å². The minimum absolute atomic E-state index is 0.109. The van der Waals surface area contributed by atoms with Gasteiger partial charge < -0.3 is 4.52 Å². The van der Waals surface area contributed by atoms with E-state index in [1.165, 1.54) is 4.90 Å². The number of rotatable bonds is 3. The van der Waals surface area contributed by atoms with Gasteiger partial charge in [-0.2, -0.15) is 0 Å². The predicted octanol–water partition coefficient (Wildman–Crippen LogP) is 2.50. The summed E-state index contributed by atoms with van der Waals surface area (Å²) >= 11 is 0. The predicted molar refractivity (Wildman–Crippen MR) is 88.6 cm³/mol. The first-order valence-corrected chi connectivity index (χ1v) is 7.87. The summed E-state index contributed by atoms with van der Waals surface area (Å²) in [5.41, 5.74) is 0.581. The Hall–Kier alpha value is -2.70. The molecular formula is C17H20N4O3. The van der Waals surface area contributed by atoms with Crippen molar-refractivity contribution in [1.82, 2.24) is 10.1 Å². The maximum Gasteiger partial charge on any atom is 0.250 e. The van der Waals surface area contributed by atoms with Crippen LogP contribution < -0.4 is 10.2 Å². The Bertz CT molecular complexity index is 749. The van der Waals surface area contributed by atoms with Crippen LogP contribution >= 0.6 is 0 Å². The van der Waals surface area contributed by atoms with Gasteiger partial charge in [0, 0.05) is 24.1 Å². The molecule has 1 aliphatic rings. The highest BCUT2D eigenvalue weighted by Crippen LogP contribution is 2.27. The van der Waals surface area contributed by atoms with Gasteiger partial charge in [0.05, 0.1) is 5.69 Å². The zero-order valence-corrected chi connectivity index (χ0v) is 13.9. The van der Waals surface area contributed by atoms with Crippen LogP contribution in [0.15, 0.2) is 35.0 Å². The van der Waals surface area contributed by atoms with E-state index in [2.05, 4.69) is 15.5 Å². The summed E-state index contributed by atoms with van der Waals surface area (Å²) in [7, 11) is 0. The van der Waals surface area contributed by atoms with Gasteiger partial charge in [0.2, 0.25) is 17.7 Å². The Labute approximate surface area is 140 Å². The molecule has 0 bridgehead atoms. The highest BCUT2D eigenvalue weighted by Gasteiger charge is 2.38. The number of amides is 2. The second kappa shape index (κ2) is 6.07. The molecule has 0 aliphatic carbocycles. The molecule has 0 spiro atoms. The summed E-state index contributed by atoms with van der Waals surface area (Å²) < 4.78 is 5.19. The molecule has 1 fully saturated rings. The van der Waals surface area contributed by atoms with Gasteiger partial charge in [0.15, 0.2) is 0 Å². The molecule has 1 saturated heterocycles. The highest BCUT2D eigenvalue weighted by atomic mass is 16.5. The van der Waals surface area contributed by atoms with Crippen LogP contribution in [0.4, 0.5) is 11.7 Å². The maximum absolute atomic E-state index is 12.6. The van der Waals surface area contributed by atoms with E-state index in [-0.39, 0.29) is 23.1 Å².